The smallest absolute Gasteiger partial charge is 0.0705 e. The molecule has 0 aliphatic carbocycles. The van der Waals surface area contributed by atoms with Crippen molar-refractivity contribution in [2.24, 2.45) is 5.73 Å². The zero-order chi connectivity index (χ0) is 13.2. The molecule has 19 heavy (non-hydrogen) atoms. The lowest BCUT2D eigenvalue weighted by atomic mass is 9.97. The molecule has 3 rings (SSSR count). The number of fused-ring (bicyclic) bond motifs is 1. The molecule has 0 spiro atoms. The van der Waals surface area contributed by atoms with Gasteiger partial charge in [0, 0.05) is 16.6 Å². The Bertz CT molecular complexity index is 719. The quantitative estimate of drug-likeness (QED) is 0.765. The van der Waals surface area contributed by atoms with Gasteiger partial charge in [0.2, 0.25) is 0 Å². The van der Waals surface area contributed by atoms with Crippen molar-refractivity contribution in [2.75, 3.05) is 0 Å². The highest BCUT2D eigenvalue weighted by molar-refractivity contribution is 6.30. The minimum Gasteiger partial charge on any atom is -0.320 e. The molecule has 3 aromatic rings. The van der Waals surface area contributed by atoms with Crippen molar-refractivity contribution in [3.63, 3.8) is 0 Å². The van der Waals surface area contributed by atoms with Crippen molar-refractivity contribution in [1.82, 2.24) is 4.98 Å². The van der Waals surface area contributed by atoms with Gasteiger partial charge in [-0.3, -0.25) is 4.98 Å². The maximum Gasteiger partial charge on any atom is 0.0705 e. The Morgan fingerprint density at radius 3 is 2.68 bits per heavy atom. The summed E-state index contributed by atoms with van der Waals surface area (Å²) in [6, 6.07) is 17.4. The fourth-order valence-electron chi connectivity index (χ4n) is 2.27. The Balaban J connectivity index is 2.14. The van der Waals surface area contributed by atoms with Gasteiger partial charge in [-0.25, -0.2) is 0 Å². The van der Waals surface area contributed by atoms with Gasteiger partial charge >= 0.3 is 0 Å². The molecular formula is C16H13ClN2. The molecule has 0 aliphatic rings. The van der Waals surface area contributed by atoms with E-state index in [0.717, 1.165) is 22.0 Å². The summed E-state index contributed by atoms with van der Waals surface area (Å²) in [5, 5.41) is 1.78. The number of hydrogen-bond donors (Lipinski definition) is 1. The van der Waals surface area contributed by atoms with E-state index in [0.29, 0.717) is 5.02 Å². The molecule has 0 radical (unpaired) electrons. The minimum atomic E-state index is -0.202. The number of para-hydroxylation sites is 1. The first-order valence-corrected chi connectivity index (χ1v) is 6.48. The van der Waals surface area contributed by atoms with Crippen LogP contribution < -0.4 is 5.73 Å². The first-order chi connectivity index (χ1) is 9.25. The van der Waals surface area contributed by atoms with Crippen LogP contribution in [-0.4, -0.2) is 4.98 Å². The van der Waals surface area contributed by atoms with Crippen LogP contribution in [0.15, 0.2) is 60.8 Å². The van der Waals surface area contributed by atoms with Gasteiger partial charge < -0.3 is 5.73 Å². The van der Waals surface area contributed by atoms with Gasteiger partial charge in [-0.15, -0.1) is 0 Å². The van der Waals surface area contributed by atoms with E-state index in [1.807, 2.05) is 54.6 Å². The summed E-state index contributed by atoms with van der Waals surface area (Å²) in [6.07, 6.45) is 1.79. The van der Waals surface area contributed by atoms with Gasteiger partial charge in [0.15, 0.2) is 0 Å². The van der Waals surface area contributed by atoms with E-state index < -0.39 is 0 Å². The maximum absolute atomic E-state index is 6.36. The van der Waals surface area contributed by atoms with Gasteiger partial charge in [-0.2, -0.15) is 0 Å². The molecule has 0 bridgehead atoms. The molecular weight excluding hydrogens is 256 g/mol. The van der Waals surface area contributed by atoms with E-state index in [4.69, 9.17) is 17.3 Å². The molecule has 1 atom stereocenters. The Morgan fingerprint density at radius 1 is 1.00 bits per heavy atom. The topological polar surface area (TPSA) is 38.9 Å². The van der Waals surface area contributed by atoms with Crippen LogP contribution in [0, 0.1) is 0 Å². The van der Waals surface area contributed by atoms with Gasteiger partial charge in [-0.1, -0.05) is 41.9 Å². The lowest BCUT2D eigenvalue weighted by molar-refractivity contribution is 0.879. The number of pyridine rings is 1. The molecule has 3 heteroatoms. The van der Waals surface area contributed by atoms with Crippen LogP contribution in [0.5, 0.6) is 0 Å². The number of aromatic nitrogens is 1. The summed E-state index contributed by atoms with van der Waals surface area (Å²) in [5.74, 6) is 0. The maximum atomic E-state index is 6.36. The third kappa shape index (κ3) is 2.33. The molecule has 1 heterocycles. The summed E-state index contributed by atoms with van der Waals surface area (Å²) in [4.78, 5) is 4.35. The van der Waals surface area contributed by atoms with E-state index in [-0.39, 0.29) is 6.04 Å². The van der Waals surface area contributed by atoms with Gasteiger partial charge in [-0.05, 0) is 35.4 Å². The van der Waals surface area contributed by atoms with Crippen LogP contribution in [0.1, 0.15) is 17.2 Å². The SMILES string of the molecule is NC(c1cccc(Cl)c1)c1ccnc2ccccc12. The van der Waals surface area contributed by atoms with Crippen molar-refractivity contribution in [2.45, 2.75) is 6.04 Å². The molecule has 0 saturated heterocycles. The summed E-state index contributed by atoms with van der Waals surface area (Å²) in [7, 11) is 0. The van der Waals surface area contributed by atoms with E-state index in [1.165, 1.54) is 0 Å². The van der Waals surface area contributed by atoms with Crippen LogP contribution >= 0.6 is 11.6 Å². The second kappa shape index (κ2) is 5.00. The van der Waals surface area contributed by atoms with Crippen molar-refractivity contribution >= 4 is 22.5 Å². The molecule has 2 nitrogen and oxygen atoms in total. The van der Waals surface area contributed by atoms with E-state index in [1.54, 1.807) is 6.20 Å². The molecule has 0 saturated carbocycles. The number of halogens is 1. The fourth-order valence-corrected chi connectivity index (χ4v) is 2.47. The highest BCUT2D eigenvalue weighted by Gasteiger charge is 2.12. The molecule has 1 aromatic heterocycles. The Morgan fingerprint density at radius 2 is 1.84 bits per heavy atom. The Labute approximate surface area is 116 Å². The molecule has 0 aliphatic heterocycles. The standard InChI is InChI=1S/C16H13ClN2/c17-12-5-3-4-11(10-12)16(18)14-8-9-19-15-7-2-1-6-13(14)15/h1-10,16H,18H2. The lowest BCUT2D eigenvalue weighted by Crippen LogP contribution is -2.12. The van der Waals surface area contributed by atoms with Gasteiger partial charge in [0.05, 0.1) is 11.6 Å². The van der Waals surface area contributed by atoms with Crippen LogP contribution in [0.2, 0.25) is 5.02 Å². The fraction of sp³-hybridized carbons (Fsp3) is 0.0625. The predicted octanol–water partition coefficient (Wildman–Crippen LogP) is 3.94. The summed E-state index contributed by atoms with van der Waals surface area (Å²) in [5.41, 5.74) is 9.39. The van der Waals surface area contributed by atoms with Crippen molar-refractivity contribution in [1.29, 1.82) is 0 Å². The first-order valence-electron chi connectivity index (χ1n) is 6.10. The van der Waals surface area contributed by atoms with Crippen LogP contribution in [0.25, 0.3) is 10.9 Å². The second-order valence-corrected chi connectivity index (χ2v) is 4.89. The van der Waals surface area contributed by atoms with Crippen LogP contribution in [0.4, 0.5) is 0 Å². The van der Waals surface area contributed by atoms with Gasteiger partial charge in [0.1, 0.15) is 0 Å². The van der Waals surface area contributed by atoms with Gasteiger partial charge in [0.25, 0.3) is 0 Å². The Hall–Kier alpha value is -1.90. The van der Waals surface area contributed by atoms with Crippen molar-refractivity contribution in [3.05, 3.63) is 76.9 Å². The number of nitrogens with two attached hydrogens (primary N) is 1. The second-order valence-electron chi connectivity index (χ2n) is 4.45. The van der Waals surface area contributed by atoms with Crippen molar-refractivity contribution in [3.8, 4) is 0 Å². The molecule has 0 amide bonds. The summed E-state index contributed by atoms with van der Waals surface area (Å²) in [6.45, 7) is 0. The first kappa shape index (κ1) is 12.2. The third-order valence-electron chi connectivity index (χ3n) is 3.23. The third-order valence-corrected chi connectivity index (χ3v) is 3.46. The summed E-state index contributed by atoms with van der Waals surface area (Å²) < 4.78 is 0. The average molecular weight is 269 g/mol. The molecule has 0 fully saturated rings. The predicted molar refractivity (Wildman–Crippen MR) is 79.2 cm³/mol. The van der Waals surface area contributed by atoms with Crippen LogP contribution in [0.3, 0.4) is 0 Å². The van der Waals surface area contributed by atoms with E-state index >= 15 is 0 Å². The largest absolute Gasteiger partial charge is 0.320 e. The van der Waals surface area contributed by atoms with E-state index in [9.17, 15) is 0 Å². The highest BCUT2D eigenvalue weighted by atomic mass is 35.5. The minimum absolute atomic E-state index is 0.202. The highest BCUT2D eigenvalue weighted by Crippen LogP contribution is 2.27. The molecule has 2 N–H and O–H groups in total. The zero-order valence-electron chi connectivity index (χ0n) is 10.3. The zero-order valence-corrected chi connectivity index (χ0v) is 11.0. The molecule has 94 valence electrons. The number of benzene rings is 2. The van der Waals surface area contributed by atoms with Crippen LogP contribution in [-0.2, 0) is 0 Å². The molecule has 2 aromatic carbocycles. The Kier molecular flexibility index (Phi) is 3.20. The number of nitrogens with zero attached hydrogens (tertiary/aromatic N) is 1. The number of rotatable bonds is 2. The average Bonchev–Trinajstić information content (AvgIpc) is 2.46. The van der Waals surface area contributed by atoms with Crippen molar-refractivity contribution < 1.29 is 0 Å². The lowest BCUT2D eigenvalue weighted by Gasteiger charge is -2.15. The number of hydrogen-bond acceptors (Lipinski definition) is 2. The monoisotopic (exact) mass is 268 g/mol. The normalized spacial score (nSPS) is 12.5. The molecule has 1 unspecified atom stereocenters. The summed E-state index contributed by atoms with van der Waals surface area (Å²) >= 11 is 6.03. The van der Waals surface area contributed by atoms with E-state index in [2.05, 4.69) is 4.98 Å².